The van der Waals surface area contributed by atoms with Crippen molar-refractivity contribution >= 4 is 36.4 Å². The Morgan fingerprint density at radius 3 is 2.23 bits per heavy atom. The van der Waals surface area contributed by atoms with Gasteiger partial charge in [-0.3, -0.25) is 14.3 Å². The highest BCUT2D eigenvalue weighted by molar-refractivity contribution is 6.99. The van der Waals surface area contributed by atoms with Crippen molar-refractivity contribution in [1.29, 1.82) is 0 Å². The van der Waals surface area contributed by atoms with Gasteiger partial charge >= 0.3 is 5.69 Å². The van der Waals surface area contributed by atoms with Crippen molar-refractivity contribution in [2.75, 3.05) is 13.2 Å². The summed E-state index contributed by atoms with van der Waals surface area (Å²) in [6.45, 7) is 6.93. The molecule has 0 radical (unpaired) electrons. The molecule has 2 heterocycles. The van der Waals surface area contributed by atoms with E-state index in [0.29, 0.717) is 0 Å². The predicted octanol–water partition coefficient (Wildman–Crippen LogP) is 3.19. The number of ether oxygens (including phenoxy) is 2. The Balaban J connectivity index is 1.61. The summed E-state index contributed by atoms with van der Waals surface area (Å²) in [6.07, 6.45) is 1.46. The van der Waals surface area contributed by atoms with E-state index in [-0.39, 0.29) is 23.8 Å². The van der Waals surface area contributed by atoms with Gasteiger partial charge in [-0.05, 0) is 21.5 Å². The molecular weight excluding hydrogens is 484 g/mol. The first kappa shape index (κ1) is 25.3. The number of nitrogens with zero attached hydrogens (tertiary/aromatic N) is 1. The van der Waals surface area contributed by atoms with E-state index in [9.17, 15) is 9.59 Å². The van der Waals surface area contributed by atoms with Gasteiger partial charge in [-0.1, -0.05) is 93.0 Å². The molecule has 0 saturated carbocycles. The summed E-state index contributed by atoms with van der Waals surface area (Å²) in [5, 5.41) is 2.12. The molecule has 1 aliphatic heterocycles. The van der Waals surface area contributed by atoms with Gasteiger partial charge in [0.1, 0.15) is 0 Å². The zero-order chi connectivity index (χ0) is 25.1. The molecule has 2 atom stereocenters. The lowest BCUT2D eigenvalue weighted by Crippen LogP contribution is -2.67. The minimum Gasteiger partial charge on any atom is -0.402 e. The average Bonchev–Trinajstić information content (AvgIpc) is 3.30. The van der Waals surface area contributed by atoms with Crippen LogP contribution in [0.2, 0.25) is 5.04 Å². The summed E-state index contributed by atoms with van der Waals surface area (Å²) in [4.78, 5) is 26.7. The molecular formula is C26H29ClN2O5Si. The summed E-state index contributed by atoms with van der Waals surface area (Å²) in [7, 11) is -2.76. The highest BCUT2D eigenvalue weighted by atomic mass is 35.5. The molecule has 4 rings (SSSR count). The maximum atomic E-state index is 12.4. The second-order valence-corrected chi connectivity index (χ2v) is 13.9. The molecule has 0 bridgehead atoms. The Morgan fingerprint density at radius 1 is 1.09 bits per heavy atom. The largest absolute Gasteiger partial charge is 0.402 e. The third-order valence-electron chi connectivity index (χ3n) is 6.13. The second-order valence-electron chi connectivity index (χ2n) is 9.37. The van der Waals surface area contributed by atoms with E-state index in [1.54, 1.807) is 0 Å². The van der Waals surface area contributed by atoms with Gasteiger partial charge in [0.05, 0.1) is 18.8 Å². The fourth-order valence-corrected chi connectivity index (χ4v) is 9.21. The van der Waals surface area contributed by atoms with E-state index in [1.807, 2.05) is 36.4 Å². The number of nitrogens with one attached hydrogen (secondary N) is 1. The molecule has 184 valence electrons. The molecule has 0 unspecified atom stereocenters. The maximum Gasteiger partial charge on any atom is 0.330 e. The minimum atomic E-state index is -2.76. The standard InChI is InChI=1S/C26H29ClN2O5Si/c1-26(2,3)35(20-10-6-4-7-11-20,21-12-8-5-9-13-21)33-18-23-32-17-22(34-23)29-16-19(14-15-27)24(30)28-25(29)31/h4-16,22-23H,17-18H2,1-3H3,(H,28,30,31)/t22-,23+/m1/s1. The third kappa shape index (κ3) is 5.12. The quantitative estimate of drug-likeness (QED) is 0.492. The fourth-order valence-electron chi connectivity index (χ4n) is 4.53. The van der Waals surface area contributed by atoms with Crippen molar-refractivity contribution in [2.45, 2.75) is 38.3 Å². The first-order valence-corrected chi connectivity index (χ1v) is 13.7. The Hall–Kier alpha value is -2.75. The molecule has 1 aromatic heterocycles. The van der Waals surface area contributed by atoms with Crippen LogP contribution in [0.5, 0.6) is 0 Å². The monoisotopic (exact) mass is 512 g/mol. The van der Waals surface area contributed by atoms with E-state index in [0.717, 1.165) is 10.4 Å². The van der Waals surface area contributed by atoms with Crippen LogP contribution in [0.3, 0.4) is 0 Å². The summed E-state index contributed by atoms with van der Waals surface area (Å²) in [5.41, 5.74) is 0.360. The number of H-pyrrole nitrogens is 1. The van der Waals surface area contributed by atoms with Crippen LogP contribution in [0.1, 0.15) is 32.6 Å². The number of rotatable bonds is 7. The van der Waals surface area contributed by atoms with Crippen LogP contribution in [0.4, 0.5) is 0 Å². The van der Waals surface area contributed by atoms with Gasteiger partial charge < -0.3 is 13.9 Å². The van der Waals surface area contributed by atoms with Crippen molar-refractivity contribution < 1.29 is 13.9 Å². The molecule has 3 aromatic rings. The lowest BCUT2D eigenvalue weighted by Gasteiger charge is -2.43. The van der Waals surface area contributed by atoms with Crippen LogP contribution in [0.25, 0.3) is 6.08 Å². The van der Waals surface area contributed by atoms with E-state index in [4.69, 9.17) is 25.5 Å². The van der Waals surface area contributed by atoms with Crippen LogP contribution < -0.4 is 21.6 Å². The molecule has 1 fully saturated rings. The Bertz CT molecular complexity index is 1250. The van der Waals surface area contributed by atoms with Crippen LogP contribution in [0, 0.1) is 0 Å². The van der Waals surface area contributed by atoms with E-state index < -0.39 is 32.1 Å². The number of hydrogen-bond acceptors (Lipinski definition) is 5. The lowest BCUT2D eigenvalue weighted by molar-refractivity contribution is -0.0956. The van der Waals surface area contributed by atoms with Gasteiger partial charge in [-0.2, -0.15) is 0 Å². The Morgan fingerprint density at radius 2 is 1.69 bits per heavy atom. The molecule has 1 aliphatic rings. The molecule has 1 N–H and O–H groups in total. The summed E-state index contributed by atoms with van der Waals surface area (Å²) < 4.78 is 20.1. The van der Waals surface area contributed by atoms with Gasteiger partial charge in [0, 0.05) is 11.7 Å². The highest BCUT2D eigenvalue weighted by Gasteiger charge is 2.50. The molecule has 2 aromatic carbocycles. The van der Waals surface area contributed by atoms with Gasteiger partial charge in [0.15, 0.2) is 12.5 Å². The first-order chi connectivity index (χ1) is 16.8. The van der Waals surface area contributed by atoms with Gasteiger partial charge in [0.2, 0.25) is 0 Å². The molecule has 1 saturated heterocycles. The average molecular weight is 513 g/mol. The SMILES string of the molecule is CC(C)(C)[Si](OC[C@H]1OC[C@H](n2cc(C=CCl)c(=O)[nH]c2=O)O1)(c1ccccc1)c1ccccc1. The molecule has 0 aliphatic carbocycles. The lowest BCUT2D eigenvalue weighted by atomic mass is 10.2. The van der Waals surface area contributed by atoms with Crippen molar-refractivity contribution in [1.82, 2.24) is 9.55 Å². The number of halogens is 1. The smallest absolute Gasteiger partial charge is 0.330 e. The van der Waals surface area contributed by atoms with Crippen molar-refractivity contribution in [2.24, 2.45) is 0 Å². The second kappa shape index (κ2) is 10.5. The normalized spacial score (nSPS) is 18.9. The van der Waals surface area contributed by atoms with Crippen molar-refractivity contribution in [3.05, 3.63) is 98.8 Å². The third-order valence-corrected chi connectivity index (χ3v) is 11.3. The summed E-state index contributed by atoms with van der Waals surface area (Å²) >= 11 is 5.62. The number of hydrogen-bond donors (Lipinski definition) is 1. The zero-order valence-electron chi connectivity index (χ0n) is 19.9. The number of aromatic nitrogens is 2. The minimum absolute atomic E-state index is 0.144. The molecule has 0 amide bonds. The Labute approximate surface area is 210 Å². The maximum absolute atomic E-state index is 12.4. The molecule has 35 heavy (non-hydrogen) atoms. The predicted molar refractivity (Wildman–Crippen MR) is 140 cm³/mol. The fraction of sp³-hybridized carbons (Fsp3) is 0.308. The van der Waals surface area contributed by atoms with Gasteiger partial charge in [-0.15, -0.1) is 0 Å². The summed E-state index contributed by atoms with van der Waals surface area (Å²) in [5.74, 6) is 0. The summed E-state index contributed by atoms with van der Waals surface area (Å²) in [6, 6.07) is 20.6. The van der Waals surface area contributed by atoms with E-state index in [1.165, 1.54) is 22.4 Å². The van der Waals surface area contributed by atoms with E-state index in [2.05, 4.69) is 50.0 Å². The van der Waals surface area contributed by atoms with Crippen LogP contribution in [0.15, 0.2) is 82.0 Å². The van der Waals surface area contributed by atoms with Crippen LogP contribution >= 0.6 is 11.6 Å². The van der Waals surface area contributed by atoms with Gasteiger partial charge in [0.25, 0.3) is 13.9 Å². The molecule has 9 heteroatoms. The Kier molecular flexibility index (Phi) is 7.58. The first-order valence-electron chi connectivity index (χ1n) is 11.4. The molecule has 0 spiro atoms. The van der Waals surface area contributed by atoms with Crippen LogP contribution in [-0.4, -0.2) is 37.4 Å². The molecule has 7 nitrogen and oxygen atoms in total. The van der Waals surface area contributed by atoms with Crippen molar-refractivity contribution in [3.8, 4) is 0 Å². The number of benzene rings is 2. The highest BCUT2D eigenvalue weighted by Crippen LogP contribution is 2.37. The topological polar surface area (TPSA) is 82.5 Å². The zero-order valence-corrected chi connectivity index (χ0v) is 21.7. The van der Waals surface area contributed by atoms with Gasteiger partial charge in [-0.25, -0.2) is 4.79 Å². The van der Waals surface area contributed by atoms with Crippen LogP contribution in [-0.2, 0) is 13.9 Å². The number of aromatic amines is 1. The van der Waals surface area contributed by atoms with E-state index >= 15 is 0 Å². The van der Waals surface area contributed by atoms with Crippen molar-refractivity contribution in [3.63, 3.8) is 0 Å².